The number of rotatable bonds is 9. The zero-order valence-corrected chi connectivity index (χ0v) is 16.6. The highest BCUT2D eigenvalue weighted by molar-refractivity contribution is 7.98. The standard InChI is InChI=1S/C18H18FN3O7S/c1-30-5-4-12(18(26)27)20-13-11(19)6-9-14(15(13)22(28)29)21(8-2-3-8)7-10(16(9)23)17(24)25/h6-8,12,20H,2-5H2,1H3,(H,24,25)(H,26,27)/t12-/m0/s1. The SMILES string of the molecule is CSCC[C@H](Nc1c(F)cc2c(=O)c(C(=O)O)cn(C3CC3)c2c1[N+](=O)[O-])C(=O)O. The summed E-state index contributed by atoms with van der Waals surface area (Å²) < 4.78 is 16.2. The van der Waals surface area contributed by atoms with Crippen LogP contribution in [0, 0.1) is 15.9 Å². The third-order valence-electron chi connectivity index (χ3n) is 4.82. The minimum absolute atomic E-state index is 0.0819. The number of carbonyl (C=O) groups is 2. The Kier molecular flexibility index (Phi) is 5.97. The molecule has 0 amide bonds. The summed E-state index contributed by atoms with van der Waals surface area (Å²) in [4.78, 5) is 46.6. The molecule has 10 nitrogen and oxygen atoms in total. The molecule has 1 aromatic carbocycles. The van der Waals surface area contributed by atoms with Gasteiger partial charge in [-0.1, -0.05) is 0 Å². The molecule has 1 aliphatic rings. The average molecular weight is 439 g/mol. The van der Waals surface area contributed by atoms with Crippen LogP contribution in [-0.2, 0) is 4.79 Å². The third-order valence-corrected chi connectivity index (χ3v) is 5.47. The van der Waals surface area contributed by atoms with Gasteiger partial charge < -0.3 is 20.1 Å². The lowest BCUT2D eigenvalue weighted by Gasteiger charge is -2.18. The van der Waals surface area contributed by atoms with Crippen LogP contribution in [0.1, 0.15) is 35.7 Å². The van der Waals surface area contributed by atoms with Crippen molar-refractivity contribution in [1.29, 1.82) is 0 Å². The molecule has 1 fully saturated rings. The maximum Gasteiger partial charge on any atom is 0.341 e. The molecule has 3 rings (SSSR count). The number of fused-ring (bicyclic) bond motifs is 1. The van der Waals surface area contributed by atoms with Gasteiger partial charge >= 0.3 is 17.6 Å². The number of benzene rings is 1. The summed E-state index contributed by atoms with van der Waals surface area (Å²) in [5.74, 6) is -3.61. The Hall–Kier alpha value is -3.15. The number of hydrogen-bond donors (Lipinski definition) is 3. The lowest BCUT2D eigenvalue weighted by molar-refractivity contribution is -0.382. The molecule has 3 N–H and O–H groups in total. The van der Waals surface area contributed by atoms with Crippen molar-refractivity contribution >= 4 is 46.0 Å². The van der Waals surface area contributed by atoms with Crippen molar-refractivity contribution in [2.45, 2.75) is 31.3 Å². The van der Waals surface area contributed by atoms with E-state index in [1.54, 1.807) is 6.26 Å². The maximum absolute atomic E-state index is 14.9. The first-order valence-electron chi connectivity index (χ1n) is 8.94. The van der Waals surface area contributed by atoms with Crippen molar-refractivity contribution < 1.29 is 29.1 Å². The summed E-state index contributed by atoms with van der Waals surface area (Å²) in [6.07, 6.45) is 4.09. The van der Waals surface area contributed by atoms with E-state index >= 15 is 0 Å². The third kappa shape index (κ3) is 3.95. The Balaban J connectivity index is 2.32. The van der Waals surface area contributed by atoms with E-state index in [0.717, 1.165) is 12.3 Å². The first-order valence-corrected chi connectivity index (χ1v) is 10.3. The number of nitro benzene ring substituents is 1. The van der Waals surface area contributed by atoms with Crippen LogP contribution < -0.4 is 10.7 Å². The molecule has 160 valence electrons. The van der Waals surface area contributed by atoms with Crippen LogP contribution in [0.3, 0.4) is 0 Å². The number of nitro groups is 1. The molecule has 12 heteroatoms. The summed E-state index contributed by atoms with van der Waals surface area (Å²) in [5.41, 5.74) is -3.32. The van der Waals surface area contributed by atoms with Crippen molar-refractivity contribution in [3.05, 3.63) is 44.0 Å². The molecule has 0 spiro atoms. The highest BCUT2D eigenvalue weighted by atomic mass is 32.2. The number of carboxylic acid groups (broad SMARTS) is 2. The van der Waals surface area contributed by atoms with Gasteiger partial charge in [0.05, 0.1) is 10.3 Å². The largest absolute Gasteiger partial charge is 0.480 e. The lowest BCUT2D eigenvalue weighted by Crippen LogP contribution is -2.31. The number of thioether (sulfide) groups is 1. The van der Waals surface area contributed by atoms with Crippen LogP contribution >= 0.6 is 11.8 Å². The fourth-order valence-corrected chi connectivity index (χ4v) is 3.71. The first-order chi connectivity index (χ1) is 14.2. The smallest absolute Gasteiger partial charge is 0.341 e. The first kappa shape index (κ1) is 21.6. The molecule has 0 unspecified atom stereocenters. The van der Waals surface area contributed by atoms with E-state index in [-0.39, 0.29) is 18.0 Å². The Morgan fingerprint density at radius 1 is 1.43 bits per heavy atom. The number of nitrogens with one attached hydrogen (secondary N) is 1. The van der Waals surface area contributed by atoms with Crippen molar-refractivity contribution in [2.75, 3.05) is 17.3 Å². The summed E-state index contributed by atoms with van der Waals surface area (Å²) in [6.45, 7) is 0. The van der Waals surface area contributed by atoms with Crippen LogP contribution in [-0.4, -0.2) is 49.7 Å². The fourth-order valence-electron chi connectivity index (χ4n) is 3.24. The Labute approximate surface area is 172 Å². The van der Waals surface area contributed by atoms with Crippen LogP contribution in [0.4, 0.5) is 15.8 Å². The molecule has 1 heterocycles. The highest BCUT2D eigenvalue weighted by Gasteiger charge is 2.34. The normalized spacial score (nSPS) is 14.5. The number of carboxylic acids is 2. The van der Waals surface area contributed by atoms with E-state index < -0.39 is 56.5 Å². The predicted octanol–water partition coefficient (Wildman–Crippen LogP) is 2.70. The number of hydrogen-bond acceptors (Lipinski definition) is 7. The molecule has 2 aromatic rings. The molecule has 30 heavy (non-hydrogen) atoms. The molecule has 1 aliphatic carbocycles. The predicted molar refractivity (Wildman–Crippen MR) is 108 cm³/mol. The summed E-state index contributed by atoms with van der Waals surface area (Å²) in [7, 11) is 0. The highest BCUT2D eigenvalue weighted by Crippen LogP contribution is 2.42. The van der Waals surface area contributed by atoms with Crippen molar-refractivity contribution in [3.63, 3.8) is 0 Å². The van der Waals surface area contributed by atoms with Crippen molar-refractivity contribution in [3.8, 4) is 0 Å². The lowest BCUT2D eigenvalue weighted by atomic mass is 10.1. The van der Waals surface area contributed by atoms with Gasteiger partial charge in [0.1, 0.15) is 17.1 Å². The minimum Gasteiger partial charge on any atom is -0.480 e. The molecule has 1 aromatic heterocycles. The van der Waals surface area contributed by atoms with E-state index in [1.165, 1.54) is 16.3 Å². The van der Waals surface area contributed by atoms with E-state index in [9.17, 15) is 39.1 Å². The minimum atomic E-state index is -1.52. The van der Waals surface area contributed by atoms with Gasteiger partial charge in [-0.2, -0.15) is 11.8 Å². The molecule has 1 saturated carbocycles. The van der Waals surface area contributed by atoms with Gasteiger partial charge in [-0.3, -0.25) is 14.9 Å². The molecular formula is C18H18FN3O7S. The maximum atomic E-state index is 14.9. The molecule has 0 aliphatic heterocycles. The summed E-state index contributed by atoms with van der Waals surface area (Å²) >= 11 is 1.36. The Morgan fingerprint density at radius 3 is 2.60 bits per heavy atom. The fraction of sp³-hybridized carbons (Fsp3) is 0.389. The van der Waals surface area contributed by atoms with Crippen molar-refractivity contribution in [2.24, 2.45) is 0 Å². The van der Waals surface area contributed by atoms with E-state index in [0.29, 0.717) is 18.6 Å². The van der Waals surface area contributed by atoms with E-state index in [4.69, 9.17) is 0 Å². The average Bonchev–Trinajstić information content (AvgIpc) is 3.50. The monoisotopic (exact) mass is 439 g/mol. The van der Waals surface area contributed by atoms with Gasteiger partial charge in [0.2, 0.25) is 5.43 Å². The van der Waals surface area contributed by atoms with Crippen LogP contribution in [0.25, 0.3) is 10.9 Å². The van der Waals surface area contributed by atoms with E-state index in [2.05, 4.69) is 5.32 Å². The number of nitrogens with zero attached hydrogens (tertiary/aromatic N) is 2. The van der Waals surface area contributed by atoms with Gasteiger partial charge in [-0.15, -0.1) is 0 Å². The second kappa shape index (κ2) is 8.30. The Bertz CT molecular complexity index is 1110. The second-order valence-corrected chi connectivity index (χ2v) is 7.85. The molecule has 1 atom stereocenters. The molecule has 0 saturated heterocycles. The molecular weight excluding hydrogens is 421 g/mol. The zero-order valence-electron chi connectivity index (χ0n) is 15.8. The number of anilines is 1. The molecule has 0 bridgehead atoms. The van der Waals surface area contributed by atoms with Gasteiger partial charge in [0.15, 0.2) is 11.5 Å². The van der Waals surface area contributed by atoms with Crippen LogP contribution in [0.5, 0.6) is 0 Å². The van der Waals surface area contributed by atoms with E-state index in [1.807, 2.05) is 0 Å². The van der Waals surface area contributed by atoms with Crippen LogP contribution in [0.15, 0.2) is 17.1 Å². The van der Waals surface area contributed by atoms with Gasteiger partial charge in [-0.05, 0) is 37.3 Å². The number of pyridine rings is 1. The number of aliphatic carboxylic acids is 1. The molecule has 0 radical (unpaired) electrons. The number of halogens is 1. The topological polar surface area (TPSA) is 152 Å². The quantitative estimate of drug-likeness (QED) is 0.395. The van der Waals surface area contributed by atoms with Gasteiger partial charge in [0.25, 0.3) is 0 Å². The number of aromatic carboxylic acids is 1. The summed E-state index contributed by atoms with van der Waals surface area (Å²) in [5, 5.41) is 32.6. The van der Waals surface area contributed by atoms with Gasteiger partial charge in [0, 0.05) is 12.2 Å². The van der Waals surface area contributed by atoms with Gasteiger partial charge in [-0.25, -0.2) is 14.0 Å². The second-order valence-electron chi connectivity index (χ2n) is 6.87. The van der Waals surface area contributed by atoms with Crippen molar-refractivity contribution in [1.82, 2.24) is 4.57 Å². The number of aromatic nitrogens is 1. The van der Waals surface area contributed by atoms with Crippen LogP contribution in [0.2, 0.25) is 0 Å². The summed E-state index contributed by atoms with van der Waals surface area (Å²) in [6, 6.07) is -0.830. The zero-order chi connectivity index (χ0) is 22.2. The Morgan fingerprint density at radius 2 is 2.10 bits per heavy atom.